The third-order valence-corrected chi connectivity index (χ3v) is 5.37. The van der Waals surface area contributed by atoms with Gasteiger partial charge in [0.05, 0.1) is 26.8 Å². The lowest BCUT2D eigenvalue weighted by Gasteiger charge is -2.25. The molecule has 8 heteroatoms. The normalized spacial score (nSPS) is 17.8. The van der Waals surface area contributed by atoms with Crippen molar-refractivity contribution in [3.63, 3.8) is 0 Å². The first-order valence-electron chi connectivity index (χ1n) is 10.6. The minimum Gasteiger partial charge on any atom is -0.493 e. The number of carbonyl (C=O) groups excluding carboxylic acids is 1. The first-order valence-corrected chi connectivity index (χ1v) is 10.6. The molecular weight excluding hydrogens is 382 g/mol. The molecule has 1 aromatic carbocycles. The largest absolute Gasteiger partial charge is 0.493 e. The van der Waals surface area contributed by atoms with Gasteiger partial charge in [-0.3, -0.25) is 9.79 Å². The number of methoxy groups -OCH3 is 2. The summed E-state index contributed by atoms with van der Waals surface area (Å²) in [5, 5.41) is 6.82. The highest BCUT2D eigenvalue weighted by molar-refractivity contribution is 5.80. The van der Waals surface area contributed by atoms with E-state index in [4.69, 9.17) is 14.5 Å². The van der Waals surface area contributed by atoms with Gasteiger partial charge in [0.2, 0.25) is 5.91 Å². The van der Waals surface area contributed by atoms with E-state index < -0.39 is 0 Å². The van der Waals surface area contributed by atoms with Gasteiger partial charge in [-0.1, -0.05) is 13.0 Å². The Bertz CT molecular complexity index is 723. The van der Waals surface area contributed by atoms with Gasteiger partial charge >= 0.3 is 0 Å². The van der Waals surface area contributed by atoms with E-state index in [2.05, 4.69) is 22.5 Å². The average molecular weight is 420 g/mol. The molecule has 0 aromatic heterocycles. The fraction of sp³-hybridized carbons (Fsp3) is 0.636. The van der Waals surface area contributed by atoms with Gasteiger partial charge in [-0.25, -0.2) is 0 Å². The Hall–Kier alpha value is -2.48. The van der Waals surface area contributed by atoms with Crippen LogP contribution in [-0.2, 0) is 4.79 Å². The van der Waals surface area contributed by atoms with Gasteiger partial charge in [-0.05, 0) is 45.1 Å². The van der Waals surface area contributed by atoms with Gasteiger partial charge in [0, 0.05) is 32.1 Å². The van der Waals surface area contributed by atoms with Crippen molar-refractivity contribution >= 4 is 11.9 Å². The highest BCUT2D eigenvalue weighted by Crippen LogP contribution is 2.31. The first-order chi connectivity index (χ1) is 14.4. The summed E-state index contributed by atoms with van der Waals surface area (Å²) in [5.41, 5.74) is 1.11. The zero-order valence-corrected chi connectivity index (χ0v) is 19.2. The van der Waals surface area contributed by atoms with Crippen LogP contribution in [0, 0.1) is 0 Å². The third kappa shape index (κ3) is 6.26. The highest BCUT2D eigenvalue weighted by Gasteiger charge is 2.26. The summed E-state index contributed by atoms with van der Waals surface area (Å²) in [5.74, 6) is 2.41. The highest BCUT2D eigenvalue weighted by atomic mass is 16.5. The molecule has 168 valence electrons. The standard InChI is InChI=1S/C22H37N5O3/c1-7-21(28)27-12-11-17(15-27)25-22(23-8-2)24-14-18(26(3)4)16-9-10-19(29-5)20(13-16)30-6/h9-10,13,17-18H,7-8,11-12,14-15H2,1-6H3,(H2,23,24,25). The Morgan fingerprint density at radius 2 is 2.00 bits per heavy atom. The number of hydrogen-bond acceptors (Lipinski definition) is 5. The van der Waals surface area contributed by atoms with Gasteiger partial charge < -0.3 is 29.9 Å². The van der Waals surface area contributed by atoms with E-state index in [0.717, 1.165) is 37.6 Å². The van der Waals surface area contributed by atoms with Crippen LogP contribution in [0.2, 0.25) is 0 Å². The smallest absolute Gasteiger partial charge is 0.222 e. The topological polar surface area (TPSA) is 78.4 Å². The van der Waals surface area contributed by atoms with Gasteiger partial charge in [-0.15, -0.1) is 0 Å². The van der Waals surface area contributed by atoms with Crippen molar-refractivity contribution in [3.05, 3.63) is 23.8 Å². The molecule has 8 nitrogen and oxygen atoms in total. The Kier molecular flexibility index (Phi) is 9.23. The van der Waals surface area contributed by atoms with Gasteiger partial charge in [0.25, 0.3) is 0 Å². The molecule has 0 bridgehead atoms. The molecule has 0 saturated carbocycles. The van der Waals surface area contributed by atoms with Crippen LogP contribution in [0.15, 0.2) is 23.2 Å². The van der Waals surface area contributed by atoms with E-state index >= 15 is 0 Å². The summed E-state index contributed by atoms with van der Waals surface area (Å²) in [4.78, 5) is 20.9. The predicted octanol–water partition coefficient (Wildman–Crippen LogP) is 1.87. The molecule has 0 radical (unpaired) electrons. The second kappa shape index (κ2) is 11.6. The van der Waals surface area contributed by atoms with Crippen LogP contribution in [0.3, 0.4) is 0 Å². The zero-order chi connectivity index (χ0) is 22.1. The molecule has 1 saturated heterocycles. The number of nitrogens with one attached hydrogen (secondary N) is 2. The maximum atomic E-state index is 11.9. The Labute approximate surface area is 180 Å². The summed E-state index contributed by atoms with van der Waals surface area (Å²) in [7, 11) is 7.37. The molecule has 2 atom stereocenters. The SMILES string of the molecule is CCNC(=NCC(c1ccc(OC)c(OC)c1)N(C)C)NC1CCN(C(=O)CC)C1. The monoisotopic (exact) mass is 419 g/mol. The molecule has 1 amide bonds. The van der Waals surface area contributed by atoms with Crippen molar-refractivity contribution in [3.8, 4) is 11.5 Å². The lowest BCUT2D eigenvalue weighted by Crippen LogP contribution is -2.45. The van der Waals surface area contributed by atoms with Crippen LogP contribution in [-0.4, -0.2) is 82.2 Å². The van der Waals surface area contributed by atoms with E-state index in [1.165, 1.54) is 0 Å². The number of nitrogens with zero attached hydrogens (tertiary/aromatic N) is 3. The Morgan fingerprint density at radius 3 is 2.60 bits per heavy atom. The molecule has 2 N–H and O–H groups in total. The van der Waals surface area contributed by atoms with Crippen molar-refractivity contribution in [2.24, 2.45) is 4.99 Å². The van der Waals surface area contributed by atoms with Crippen molar-refractivity contribution in [1.29, 1.82) is 0 Å². The molecule has 0 spiro atoms. The number of aliphatic imine (C=N–C) groups is 1. The number of likely N-dealkylation sites (tertiary alicyclic amines) is 1. The van der Waals surface area contributed by atoms with E-state index in [1.54, 1.807) is 14.2 Å². The number of likely N-dealkylation sites (N-methyl/N-ethyl adjacent to an activating group) is 1. The molecule has 30 heavy (non-hydrogen) atoms. The molecule has 1 aliphatic heterocycles. The number of hydrogen-bond donors (Lipinski definition) is 2. The minimum absolute atomic E-state index is 0.0852. The summed E-state index contributed by atoms with van der Waals surface area (Å²) in [6, 6.07) is 6.28. The number of guanidine groups is 1. The van der Waals surface area contributed by atoms with Crippen molar-refractivity contribution < 1.29 is 14.3 Å². The van der Waals surface area contributed by atoms with Gasteiger partial charge in [0.15, 0.2) is 17.5 Å². The summed E-state index contributed by atoms with van der Waals surface area (Å²) in [6.45, 7) is 6.85. The second-order valence-corrected chi connectivity index (χ2v) is 7.64. The molecule has 1 aliphatic rings. The van der Waals surface area contributed by atoms with Crippen molar-refractivity contribution in [2.75, 3.05) is 54.5 Å². The Balaban J connectivity index is 2.11. The summed E-state index contributed by atoms with van der Waals surface area (Å²) < 4.78 is 10.8. The van der Waals surface area contributed by atoms with E-state index in [1.807, 2.05) is 44.1 Å². The lowest BCUT2D eigenvalue weighted by molar-refractivity contribution is -0.129. The van der Waals surface area contributed by atoms with Gasteiger partial charge in [-0.2, -0.15) is 0 Å². The molecular formula is C22H37N5O3. The molecule has 1 fully saturated rings. The van der Waals surface area contributed by atoms with E-state index in [9.17, 15) is 4.79 Å². The van der Waals surface area contributed by atoms with E-state index in [0.29, 0.717) is 24.5 Å². The van der Waals surface area contributed by atoms with Crippen LogP contribution < -0.4 is 20.1 Å². The number of benzene rings is 1. The minimum atomic E-state index is 0.0852. The van der Waals surface area contributed by atoms with Crippen LogP contribution in [0.1, 0.15) is 38.3 Å². The van der Waals surface area contributed by atoms with Gasteiger partial charge in [0.1, 0.15) is 0 Å². The van der Waals surface area contributed by atoms with Crippen LogP contribution >= 0.6 is 0 Å². The number of ether oxygens (including phenoxy) is 2. The summed E-state index contributed by atoms with van der Waals surface area (Å²) >= 11 is 0. The summed E-state index contributed by atoms with van der Waals surface area (Å²) in [6.07, 6.45) is 1.49. The number of carbonyl (C=O) groups is 1. The fourth-order valence-electron chi connectivity index (χ4n) is 3.65. The zero-order valence-electron chi connectivity index (χ0n) is 19.2. The lowest BCUT2D eigenvalue weighted by atomic mass is 10.1. The molecule has 1 heterocycles. The van der Waals surface area contributed by atoms with Crippen LogP contribution in [0.4, 0.5) is 0 Å². The van der Waals surface area contributed by atoms with E-state index in [-0.39, 0.29) is 18.0 Å². The predicted molar refractivity (Wildman–Crippen MR) is 120 cm³/mol. The quantitative estimate of drug-likeness (QED) is 0.470. The number of rotatable bonds is 9. The van der Waals surface area contributed by atoms with Crippen LogP contribution in [0.25, 0.3) is 0 Å². The third-order valence-electron chi connectivity index (χ3n) is 5.37. The first kappa shape index (κ1) is 23.8. The molecule has 0 aliphatic carbocycles. The Morgan fingerprint density at radius 1 is 1.27 bits per heavy atom. The molecule has 1 aromatic rings. The van der Waals surface area contributed by atoms with Crippen molar-refractivity contribution in [2.45, 2.75) is 38.8 Å². The maximum absolute atomic E-state index is 11.9. The molecule has 2 unspecified atom stereocenters. The second-order valence-electron chi connectivity index (χ2n) is 7.64. The average Bonchev–Trinajstić information content (AvgIpc) is 3.21. The van der Waals surface area contributed by atoms with Crippen molar-refractivity contribution in [1.82, 2.24) is 20.4 Å². The fourth-order valence-corrected chi connectivity index (χ4v) is 3.65. The van der Waals surface area contributed by atoms with Crippen LogP contribution in [0.5, 0.6) is 11.5 Å². The molecule has 2 rings (SSSR count). The number of amides is 1. The maximum Gasteiger partial charge on any atom is 0.222 e.